The van der Waals surface area contributed by atoms with Crippen LogP contribution in [0.2, 0.25) is 10.0 Å². The van der Waals surface area contributed by atoms with Crippen molar-refractivity contribution >= 4 is 50.7 Å². The molecule has 0 saturated heterocycles. The molecule has 0 aliphatic carbocycles. The lowest BCUT2D eigenvalue weighted by molar-refractivity contribution is -0.141. The van der Waals surface area contributed by atoms with Crippen LogP contribution in [0.3, 0.4) is 0 Å². The van der Waals surface area contributed by atoms with Crippen LogP contribution in [0.4, 0.5) is 5.69 Å². The predicted octanol–water partition coefficient (Wildman–Crippen LogP) is 5.27. The first-order valence-corrected chi connectivity index (χ1v) is 15.3. The minimum atomic E-state index is -3.59. The number of carbonyl (C=O) groups is 2. The number of halogens is 2. The highest BCUT2D eigenvalue weighted by atomic mass is 35.5. The first-order valence-electron chi connectivity index (χ1n) is 12.6. The number of nitrogens with zero attached hydrogens (tertiary/aromatic N) is 2. The molecule has 0 aromatic heterocycles. The van der Waals surface area contributed by atoms with Gasteiger partial charge in [-0.2, -0.15) is 0 Å². The molecule has 0 heterocycles. The van der Waals surface area contributed by atoms with Crippen LogP contribution >= 0.6 is 23.2 Å². The standard InChI is InChI=1S/C27H37Cl2N3O5S/c1-5-7-17-30-27(34)25(6-2)31(19-22-23(28)10-8-11-24(22)29)26(33)12-9-18-32(38(4,35)36)20-13-15-21(37-3)16-14-20/h8,10-11,13-16,25H,5-7,9,12,17-19H2,1-4H3,(H,30,34). The minimum Gasteiger partial charge on any atom is -0.497 e. The van der Waals surface area contributed by atoms with Gasteiger partial charge < -0.3 is 15.0 Å². The van der Waals surface area contributed by atoms with Gasteiger partial charge in [0.05, 0.1) is 19.1 Å². The lowest BCUT2D eigenvalue weighted by Gasteiger charge is -2.31. The molecule has 0 aliphatic heterocycles. The zero-order valence-electron chi connectivity index (χ0n) is 22.4. The number of anilines is 1. The second-order valence-electron chi connectivity index (χ2n) is 8.93. The average Bonchev–Trinajstić information content (AvgIpc) is 2.87. The van der Waals surface area contributed by atoms with E-state index in [0.717, 1.165) is 19.1 Å². The predicted molar refractivity (Wildman–Crippen MR) is 153 cm³/mol. The number of nitrogens with one attached hydrogen (secondary N) is 1. The van der Waals surface area contributed by atoms with Crippen molar-refractivity contribution in [3.8, 4) is 5.75 Å². The molecule has 0 spiro atoms. The topological polar surface area (TPSA) is 96.0 Å². The van der Waals surface area contributed by atoms with E-state index in [9.17, 15) is 18.0 Å². The molecule has 11 heteroatoms. The fourth-order valence-electron chi connectivity index (χ4n) is 4.03. The summed E-state index contributed by atoms with van der Waals surface area (Å²) < 4.78 is 31.4. The molecular formula is C27H37Cl2N3O5S. The normalized spacial score (nSPS) is 12.1. The Morgan fingerprint density at radius 3 is 2.18 bits per heavy atom. The molecule has 2 aromatic rings. The summed E-state index contributed by atoms with van der Waals surface area (Å²) in [5.74, 6) is 0.0733. The molecule has 8 nitrogen and oxygen atoms in total. The molecule has 38 heavy (non-hydrogen) atoms. The van der Waals surface area contributed by atoms with Crippen molar-refractivity contribution in [2.45, 2.75) is 58.5 Å². The van der Waals surface area contributed by atoms with Gasteiger partial charge >= 0.3 is 0 Å². The molecule has 0 aliphatic rings. The third-order valence-corrected chi connectivity index (χ3v) is 8.02. The van der Waals surface area contributed by atoms with Crippen molar-refractivity contribution in [2.75, 3.05) is 30.8 Å². The van der Waals surface area contributed by atoms with Gasteiger partial charge in [-0.25, -0.2) is 8.42 Å². The van der Waals surface area contributed by atoms with E-state index < -0.39 is 16.1 Å². The Morgan fingerprint density at radius 2 is 1.66 bits per heavy atom. The summed E-state index contributed by atoms with van der Waals surface area (Å²) in [7, 11) is -2.06. The Morgan fingerprint density at radius 1 is 1.03 bits per heavy atom. The minimum absolute atomic E-state index is 0.0307. The molecular weight excluding hydrogens is 549 g/mol. The summed E-state index contributed by atoms with van der Waals surface area (Å²) in [5.41, 5.74) is 1.03. The van der Waals surface area contributed by atoms with Crippen LogP contribution < -0.4 is 14.4 Å². The Kier molecular flexibility index (Phi) is 12.7. The Hall–Kier alpha value is -2.49. The molecule has 0 fully saturated rings. The van der Waals surface area contributed by atoms with E-state index in [2.05, 4.69) is 5.32 Å². The van der Waals surface area contributed by atoms with Gasteiger partial charge in [0.15, 0.2) is 0 Å². The fourth-order valence-corrected chi connectivity index (χ4v) is 5.51. The largest absolute Gasteiger partial charge is 0.497 e. The van der Waals surface area contributed by atoms with Gasteiger partial charge in [-0.05, 0) is 55.7 Å². The fraction of sp³-hybridized carbons (Fsp3) is 0.481. The van der Waals surface area contributed by atoms with Gasteiger partial charge in [0.1, 0.15) is 11.8 Å². The van der Waals surface area contributed by atoms with Crippen LogP contribution in [0, 0.1) is 0 Å². The van der Waals surface area contributed by atoms with Crippen LogP contribution in [0.1, 0.15) is 51.5 Å². The number of ether oxygens (including phenoxy) is 1. The molecule has 1 N–H and O–H groups in total. The van der Waals surface area contributed by atoms with Gasteiger partial charge in [0, 0.05) is 41.7 Å². The van der Waals surface area contributed by atoms with E-state index in [0.29, 0.717) is 40.0 Å². The van der Waals surface area contributed by atoms with Crippen LogP contribution in [0.25, 0.3) is 0 Å². The van der Waals surface area contributed by atoms with E-state index >= 15 is 0 Å². The highest BCUT2D eigenvalue weighted by Crippen LogP contribution is 2.28. The molecule has 0 bridgehead atoms. The second kappa shape index (κ2) is 15.2. The molecule has 210 valence electrons. The summed E-state index contributed by atoms with van der Waals surface area (Å²) in [6.45, 7) is 4.55. The van der Waals surface area contributed by atoms with Crippen molar-refractivity contribution in [1.82, 2.24) is 10.2 Å². The van der Waals surface area contributed by atoms with E-state index in [1.165, 1.54) is 16.3 Å². The Bertz CT molecular complexity index is 1160. The van der Waals surface area contributed by atoms with Crippen molar-refractivity contribution in [3.63, 3.8) is 0 Å². The van der Waals surface area contributed by atoms with Crippen LogP contribution in [-0.2, 0) is 26.2 Å². The van der Waals surface area contributed by atoms with Crippen molar-refractivity contribution < 1.29 is 22.7 Å². The smallest absolute Gasteiger partial charge is 0.242 e. The number of rotatable bonds is 15. The number of hydrogen-bond acceptors (Lipinski definition) is 5. The van der Waals surface area contributed by atoms with Crippen LogP contribution in [-0.4, -0.2) is 57.6 Å². The van der Waals surface area contributed by atoms with E-state index in [-0.39, 0.29) is 37.7 Å². The van der Waals surface area contributed by atoms with Gasteiger partial charge in [-0.3, -0.25) is 13.9 Å². The van der Waals surface area contributed by atoms with Crippen molar-refractivity contribution in [1.29, 1.82) is 0 Å². The number of unbranched alkanes of at least 4 members (excludes halogenated alkanes) is 1. The van der Waals surface area contributed by atoms with Crippen LogP contribution in [0.5, 0.6) is 5.75 Å². The molecule has 0 saturated carbocycles. The number of methoxy groups -OCH3 is 1. The maximum Gasteiger partial charge on any atom is 0.242 e. The van der Waals surface area contributed by atoms with Crippen molar-refractivity contribution in [3.05, 3.63) is 58.1 Å². The highest BCUT2D eigenvalue weighted by molar-refractivity contribution is 7.92. The third-order valence-electron chi connectivity index (χ3n) is 6.12. The SMILES string of the molecule is CCCCNC(=O)C(CC)N(Cc1c(Cl)cccc1Cl)C(=O)CCCN(c1ccc(OC)cc1)S(C)(=O)=O. The highest BCUT2D eigenvalue weighted by Gasteiger charge is 2.29. The molecule has 2 rings (SSSR count). The average molecular weight is 587 g/mol. The Labute approximate surface area is 236 Å². The first-order chi connectivity index (χ1) is 18.0. The monoisotopic (exact) mass is 585 g/mol. The second-order valence-corrected chi connectivity index (χ2v) is 11.6. The van der Waals surface area contributed by atoms with Crippen LogP contribution in [0.15, 0.2) is 42.5 Å². The van der Waals surface area contributed by atoms with Gasteiger partial charge in [0.2, 0.25) is 21.8 Å². The molecule has 0 radical (unpaired) electrons. The summed E-state index contributed by atoms with van der Waals surface area (Å²) in [6, 6.07) is 11.0. The molecule has 1 unspecified atom stereocenters. The molecule has 1 atom stereocenters. The number of carbonyl (C=O) groups excluding carboxylic acids is 2. The maximum atomic E-state index is 13.5. The molecule has 2 aromatic carbocycles. The zero-order chi connectivity index (χ0) is 28.3. The number of benzene rings is 2. The number of hydrogen-bond donors (Lipinski definition) is 1. The van der Waals surface area contributed by atoms with E-state index in [1.54, 1.807) is 42.5 Å². The van der Waals surface area contributed by atoms with E-state index in [4.69, 9.17) is 27.9 Å². The number of amides is 2. The molecule has 2 amide bonds. The van der Waals surface area contributed by atoms with Gasteiger partial charge in [-0.15, -0.1) is 0 Å². The van der Waals surface area contributed by atoms with E-state index in [1.807, 2.05) is 13.8 Å². The summed E-state index contributed by atoms with van der Waals surface area (Å²) in [4.78, 5) is 28.1. The summed E-state index contributed by atoms with van der Waals surface area (Å²) in [5, 5.41) is 3.72. The Balaban J connectivity index is 2.24. The first kappa shape index (κ1) is 31.7. The zero-order valence-corrected chi connectivity index (χ0v) is 24.7. The number of sulfonamides is 1. The summed E-state index contributed by atoms with van der Waals surface area (Å²) in [6.07, 6.45) is 3.56. The van der Waals surface area contributed by atoms with Gasteiger partial charge in [-0.1, -0.05) is 49.5 Å². The quantitative estimate of drug-likeness (QED) is 0.287. The lowest BCUT2D eigenvalue weighted by atomic mass is 10.1. The maximum absolute atomic E-state index is 13.5. The summed E-state index contributed by atoms with van der Waals surface area (Å²) >= 11 is 12.8. The van der Waals surface area contributed by atoms with Crippen molar-refractivity contribution in [2.24, 2.45) is 0 Å². The lowest BCUT2D eigenvalue weighted by Crippen LogP contribution is -2.49. The third kappa shape index (κ3) is 9.06. The van der Waals surface area contributed by atoms with Gasteiger partial charge in [0.25, 0.3) is 0 Å².